The van der Waals surface area contributed by atoms with Crippen LogP contribution in [0.4, 0.5) is 0 Å². The van der Waals surface area contributed by atoms with Gasteiger partial charge in [0.15, 0.2) is 18.7 Å². The third-order valence-corrected chi connectivity index (χ3v) is 20.2. The Kier molecular flexibility index (Phi) is 49.9. The molecule has 576 valence electrons. The van der Waals surface area contributed by atoms with Crippen molar-refractivity contribution in [2.75, 3.05) is 26.4 Å². The number of phosphoric acid groups is 1. The van der Waals surface area contributed by atoms with Crippen molar-refractivity contribution >= 4 is 25.7 Å². The highest BCUT2D eigenvalue weighted by Gasteiger charge is 2.58. The van der Waals surface area contributed by atoms with E-state index in [0.29, 0.717) is 25.2 Å². The number of unbranched alkanes of at least 4 members (excludes halogenated alkanes) is 32. The Hall–Kier alpha value is -2.30. The van der Waals surface area contributed by atoms with E-state index in [-0.39, 0.29) is 19.3 Å². The first-order valence-corrected chi connectivity index (χ1v) is 39.9. The van der Waals surface area contributed by atoms with Gasteiger partial charge in [0, 0.05) is 19.3 Å². The maximum absolute atomic E-state index is 14.3. The molecule has 3 aliphatic rings. The molecule has 0 bridgehead atoms. The van der Waals surface area contributed by atoms with Gasteiger partial charge in [0.1, 0.15) is 98.7 Å². The Labute approximate surface area is 586 Å². The summed E-state index contributed by atoms with van der Waals surface area (Å²) in [5, 5.41) is 110. The molecule has 0 aromatic rings. The molecule has 1 saturated carbocycles. The summed E-state index contributed by atoms with van der Waals surface area (Å²) in [6, 6.07) is 0. The minimum atomic E-state index is -5.70. The summed E-state index contributed by atoms with van der Waals surface area (Å²) in [5.41, 5.74) is 0. The molecule has 2 heterocycles. The van der Waals surface area contributed by atoms with Gasteiger partial charge in [-0.3, -0.25) is 23.4 Å². The van der Waals surface area contributed by atoms with Crippen LogP contribution in [0, 0.1) is 5.92 Å². The van der Waals surface area contributed by atoms with Crippen molar-refractivity contribution in [2.45, 2.75) is 402 Å². The van der Waals surface area contributed by atoms with Crippen LogP contribution in [0.1, 0.15) is 297 Å². The third kappa shape index (κ3) is 37.4. The van der Waals surface area contributed by atoms with Gasteiger partial charge >= 0.3 is 25.7 Å². The molecule has 98 heavy (non-hydrogen) atoms. The van der Waals surface area contributed by atoms with E-state index in [4.69, 9.17) is 42.2 Å². The lowest BCUT2D eigenvalue weighted by atomic mass is 9.84. The lowest BCUT2D eigenvalue weighted by molar-refractivity contribution is -0.360. The van der Waals surface area contributed by atoms with Gasteiger partial charge in [-0.15, -0.1) is 0 Å². The molecule has 3 fully saturated rings. The maximum atomic E-state index is 14.3. The number of ether oxygens (including phenoxy) is 7. The smallest absolute Gasteiger partial charge is 0.463 e. The van der Waals surface area contributed by atoms with Crippen LogP contribution in [0.3, 0.4) is 0 Å². The van der Waals surface area contributed by atoms with Crippen molar-refractivity contribution < 1.29 is 117 Å². The SMILES string of the molecule is CCCCCCCCC/C=C\CCCCCC(=O)OCC1OC(OC2C(O)C(O)C(O)C(OC3OC(CO)C(O)C(O)C3O)C2OP(=O)(O)OCC(COC(=O)CCCCCCCCC(C)CCCCCCCC)OC(=O)CCCCCCCCCCCCCCC)C(O)C(O)C1O. The van der Waals surface area contributed by atoms with E-state index in [0.717, 1.165) is 96.3 Å². The van der Waals surface area contributed by atoms with Crippen LogP contribution in [-0.2, 0) is 61.2 Å². The normalized spacial score (nSPS) is 28.0. The predicted octanol–water partition coefficient (Wildman–Crippen LogP) is 10.6. The molecule has 0 aromatic heterocycles. The maximum Gasteiger partial charge on any atom is 0.472 e. The molecule has 25 heteroatoms. The minimum Gasteiger partial charge on any atom is -0.463 e. The molecule has 0 spiro atoms. The van der Waals surface area contributed by atoms with Crippen molar-refractivity contribution in [1.29, 1.82) is 0 Å². The number of allylic oxidation sites excluding steroid dienone is 2. The van der Waals surface area contributed by atoms with Crippen LogP contribution in [0.15, 0.2) is 12.2 Å². The molecule has 19 atom stereocenters. The Morgan fingerprint density at radius 2 is 0.776 bits per heavy atom. The number of carbonyl (C=O) groups is 3. The largest absolute Gasteiger partial charge is 0.472 e. The second-order valence-electron chi connectivity index (χ2n) is 28.0. The molecule has 19 unspecified atom stereocenters. The zero-order valence-corrected chi connectivity index (χ0v) is 61.1. The average Bonchev–Trinajstić information content (AvgIpc) is 0.764. The quantitative estimate of drug-likeness (QED) is 0.00886. The molecule has 0 amide bonds. The third-order valence-electron chi connectivity index (χ3n) is 19.2. The second kappa shape index (κ2) is 54.3. The number of aliphatic hydroxyl groups excluding tert-OH is 10. The van der Waals surface area contributed by atoms with Crippen LogP contribution in [0.2, 0.25) is 0 Å². The standard InChI is InChI=1S/C73H135O24P/c1-5-8-11-14-17-19-21-23-25-26-28-30-36-42-47-58(76)90-52-56-61(79)63(81)68(86)73(94-56)96-70-66(84)64(82)65(83)69(95-72-67(85)62(80)60(78)55(49-74)93-72)71(70)97-98(87,88)91-51-54(92-59(77)48-43-38-31-29-27-24-22-20-18-15-12-9-6-2)50-89-57(75)46-41-37-33-32-35-40-45-53(4)44-39-34-16-13-10-7-3/h25-26,53-56,60-74,78-86H,5-24,27-52H2,1-4H3,(H,87,88)/b26-25-. The van der Waals surface area contributed by atoms with Crippen molar-refractivity contribution in [3.05, 3.63) is 12.2 Å². The molecular formula is C73H135O24P. The minimum absolute atomic E-state index is 0.00923. The second-order valence-corrected chi connectivity index (χ2v) is 29.4. The zero-order valence-electron chi connectivity index (χ0n) is 60.2. The zero-order chi connectivity index (χ0) is 71.9. The Balaban J connectivity index is 1.74. The first kappa shape index (κ1) is 89.9. The number of esters is 3. The summed E-state index contributed by atoms with van der Waals surface area (Å²) in [4.78, 5) is 51.0. The van der Waals surface area contributed by atoms with Gasteiger partial charge in [-0.05, 0) is 50.9 Å². The van der Waals surface area contributed by atoms with Gasteiger partial charge in [0.25, 0.3) is 0 Å². The lowest BCUT2D eigenvalue weighted by Crippen LogP contribution is -2.69. The fraction of sp³-hybridized carbons (Fsp3) is 0.932. The van der Waals surface area contributed by atoms with E-state index in [9.17, 15) is 74.9 Å². The van der Waals surface area contributed by atoms with E-state index < -0.39 is 156 Å². The van der Waals surface area contributed by atoms with Crippen LogP contribution >= 0.6 is 7.82 Å². The predicted molar refractivity (Wildman–Crippen MR) is 370 cm³/mol. The fourth-order valence-electron chi connectivity index (χ4n) is 12.8. The van der Waals surface area contributed by atoms with E-state index in [2.05, 4.69) is 39.8 Å². The number of rotatable bonds is 59. The van der Waals surface area contributed by atoms with Crippen molar-refractivity contribution in [2.24, 2.45) is 5.92 Å². The molecule has 2 saturated heterocycles. The number of aliphatic hydroxyl groups is 10. The number of carbonyl (C=O) groups excluding carboxylic acids is 3. The van der Waals surface area contributed by atoms with Crippen molar-refractivity contribution in [3.63, 3.8) is 0 Å². The van der Waals surface area contributed by atoms with E-state index in [1.807, 2.05) is 0 Å². The summed E-state index contributed by atoms with van der Waals surface area (Å²) >= 11 is 0. The fourth-order valence-corrected chi connectivity index (χ4v) is 13.8. The highest BCUT2D eigenvalue weighted by molar-refractivity contribution is 7.47. The van der Waals surface area contributed by atoms with Gasteiger partial charge in [-0.25, -0.2) is 4.57 Å². The van der Waals surface area contributed by atoms with Crippen LogP contribution < -0.4 is 0 Å². The summed E-state index contributed by atoms with van der Waals surface area (Å²) in [6.07, 6.45) is 11.4. The Morgan fingerprint density at radius 1 is 0.418 bits per heavy atom. The van der Waals surface area contributed by atoms with Gasteiger partial charge in [0.05, 0.1) is 13.2 Å². The first-order valence-electron chi connectivity index (χ1n) is 38.4. The monoisotopic (exact) mass is 1430 g/mol. The van der Waals surface area contributed by atoms with Crippen LogP contribution in [0.25, 0.3) is 0 Å². The molecule has 24 nitrogen and oxygen atoms in total. The summed E-state index contributed by atoms with van der Waals surface area (Å²) in [7, 11) is -5.70. The summed E-state index contributed by atoms with van der Waals surface area (Å²) in [5.74, 6) is -1.30. The molecule has 3 rings (SSSR count). The molecular weight excluding hydrogens is 1290 g/mol. The highest BCUT2D eigenvalue weighted by Crippen LogP contribution is 2.49. The van der Waals surface area contributed by atoms with E-state index in [1.54, 1.807) is 0 Å². The topological polar surface area (TPSA) is 374 Å². The van der Waals surface area contributed by atoms with Crippen molar-refractivity contribution in [1.82, 2.24) is 0 Å². The average molecular weight is 1430 g/mol. The molecule has 0 radical (unpaired) electrons. The Morgan fingerprint density at radius 3 is 1.21 bits per heavy atom. The molecule has 2 aliphatic heterocycles. The van der Waals surface area contributed by atoms with Crippen LogP contribution in [0.5, 0.6) is 0 Å². The van der Waals surface area contributed by atoms with Crippen molar-refractivity contribution in [3.8, 4) is 0 Å². The van der Waals surface area contributed by atoms with E-state index >= 15 is 0 Å². The summed E-state index contributed by atoms with van der Waals surface area (Å²) in [6.45, 7) is 5.77. The summed E-state index contributed by atoms with van der Waals surface area (Å²) < 4.78 is 65.1. The van der Waals surface area contributed by atoms with Crippen LogP contribution in [-0.4, -0.2) is 204 Å². The van der Waals surface area contributed by atoms with Gasteiger partial charge in [0.2, 0.25) is 0 Å². The number of hydrogen-bond donors (Lipinski definition) is 11. The van der Waals surface area contributed by atoms with E-state index in [1.165, 1.54) is 135 Å². The molecule has 11 N–H and O–H groups in total. The number of hydrogen-bond acceptors (Lipinski definition) is 23. The lowest BCUT2D eigenvalue weighted by Gasteiger charge is -2.49. The highest BCUT2D eigenvalue weighted by atomic mass is 31.2. The first-order chi connectivity index (χ1) is 47.2. The molecule has 1 aliphatic carbocycles. The van der Waals surface area contributed by atoms with Gasteiger partial charge < -0.3 is 89.1 Å². The number of phosphoric ester groups is 1. The molecule has 0 aromatic carbocycles. The van der Waals surface area contributed by atoms with Gasteiger partial charge in [-0.2, -0.15) is 0 Å². The van der Waals surface area contributed by atoms with Gasteiger partial charge in [-0.1, -0.05) is 245 Å². The Bertz CT molecular complexity index is 2090.